The number of benzene rings is 2. The van der Waals surface area contributed by atoms with Crippen molar-refractivity contribution in [2.24, 2.45) is 0 Å². The molecule has 0 atom stereocenters. The predicted octanol–water partition coefficient (Wildman–Crippen LogP) is 6.31. The second-order valence-corrected chi connectivity index (χ2v) is 8.96. The minimum Gasteiger partial charge on any atom is -0.289 e. The first-order valence-electron chi connectivity index (χ1n) is 9.27. The molecule has 27 heavy (non-hydrogen) atoms. The van der Waals surface area contributed by atoms with Crippen LogP contribution in [0.5, 0.6) is 0 Å². The topological polar surface area (TPSA) is 34.1 Å². The van der Waals surface area contributed by atoms with Crippen LogP contribution in [0.1, 0.15) is 77.9 Å². The average Bonchev–Trinajstić information content (AvgIpc) is 2.63. The number of fused-ring (bicyclic) bond motifs is 1. The van der Waals surface area contributed by atoms with Crippen LogP contribution >= 0.6 is 11.6 Å². The minimum absolute atomic E-state index is 0.0190. The summed E-state index contributed by atoms with van der Waals surface area (Å²) in [5.41, 5.74) is 4.86. The van der Waals surface area contributed by atoms with E-state index in [1.54, 1.807) is 36.4 Å². The highest BCUT2D eigenvalue weighted by atomic mass is 35.5. The fourth-order valence-electron chi connectivity index (χ4n) is 3.74. The van der Waals surface area contributed by atoms with Gasteiger partial charge in [-0.05, 0) is 76.2 Å². The van der Waals surface area contributed by atoms with Gasteiger partial charge in [0.1, 0.15) is 0 Å². The van der Waals surface area contributed by atoms with Crippen LogP contribution in [0.2, 0.25) is 0 Å². The molecule has 2 aromatic carbocycles. The van der Waals surface area contributed by atoms with Crippen molar-refractivity contribution in [3.63, 3.8) is 0 Å². The normalized spacial score (nSPS) is 17.5. The third kappa shape index (κ3) is 4.06. The van der Waals surface area contributed by atoms with Crippen LogP contribution in [0, 0.1) is 0 Å². The molecule has 1 aliphatic carbocycles. The van der Waals surface area contributed by atoms with Crippen molar-refractivity contribution in [1.82, 2.24) is 0 Å². The monoisotopic (exact) mass is 380 g/mol. The zero-order chi connectivity index (χ0) is 19.8. The number of hydrogen-bond acceptors (Lipinski definition) is 2. The first-order valence-corrected chi connectivity index (χ1v) is 9.65. The van der Waals surface area contributed by atoms with Gasteiger partial charge < -0.3 is 0 Å². The summed E-state index contributed by atoms with van der Waals surface area (Å²) in [4.78, 5) is 23.8. The Balaban J connectivity index is 1.86. The maximum absolute atomic E-state index is 12.7. The Morgan fingerprint density at radius 3 is 2.00 bits per heavy atom. The lowest BCUT2D eigenvalue weighted by molar-refractivity contribution is 0.104. The minimum atomic E-state index is -0.485. The smallest absolute Gasteiger partial charge is 0.252 e. The molecule has 3 heteroatoms. The van der Waals surface area contributed by atoms with Crippen molar-refractivity contribution in [2.45, 2.75) is 51.4 Å². The molecule has 2 aromatic rings. The van der Waals surface area contributed by atoms with Crippen LogP contribution in [0.4, 0.5) is 0 Å². The van der Waals surface area contributed by atoms with E-state index < -0.39 is 5.24 Å². The first-order chi connectivity index (χ1) is 12.6. The number of carbonyl (C=O) groups is 2. The van der Waals surface area contributed by atoms with Crippen molar-refractivity contribution < 1.29 is 9.59 Å². The summed E-state index contributed by atoms with van der Waals surface area (Å²) in [6.07, 6.45) is 5.62. The SMILES string of the molecule is CC1(C)CCC(C)(C)c2cc(C(=O)/C=C/c3ccc(C(=O)Cl)cc3)ccc21. The largest absolute Gasteiger partial charge is 0.289 e. The van der Waals surface area contributed by atoms with Gasteiger partial charge in [0.05, 0.1) is 0 Å². The van der Waals surface area contributed by atoms with Gasteiger partial charge in [0.25, 0.3) is 5.24 Å². The van der Waals surface area contributed by atoms with Crippen molar-refractivity contribution in [3.05, 3.63) is 76.4 Å². The van der Waals surface area contributed by atoms with Crippen molar-refractivity contribution in [2.75, 3.05) is 0 Å². The molecule has 0 aromatic heterocycles. The quantitative estimate of drug-likeness (QED) is 0.353. The standard InChI is InChI=1S/C24H25ClO2/c1-23(2)13-14-24(3,4)20-15-18(10-11-19(20)23)21(26)12-7-16-5-8-17(9-6-16)22(25)27/h5-12,15H,13-14H2,1-4H3/b12-7+. The second-order valence-electron chi connectivity index (χ2n) is 8.62. The van der Waals surface area contributed by atoms with Crippen LogP contribution in [0.15, 0.2) is 48.5 Å². The molecule has 0 saturated heterocycles. The van der Waals surface area contributed by atoms with Gasteiger partial charge in [0.15, 0.2) is 5.78 Å². The van der Waals surface area contributed by atoms with E-state index >= 15 is 0 Å². The lowest BCUT2D eigenvalue weighted by atomic mass is 9.63. The fraction of sp³-hybridized carbons (Fsp3) is 0.333. The van der Waals surface area contributed by atoms with Gasteiger partial charge in [0, 0.05) is 11.1 Å². The molecule has 0 N–H and O–H groups in total. The second kappa shape index (κ2) is 7.09. The summed E-state index contributed by atoms with van der Waals surface area (Å²) in [6, 6.07) is 13.0. The predicted molar refractivity (Wildman–Crippen MR) is 112 cm³/mol. The molecule has 3 rings (SSSR count). The molecular formula is C24H25ClO2. The first kappa shape index (κ1) is 19.6. The molecule has 0 aliphatic heterocycles. The molecule has 140 valence electrons. The van der Waals surface area contributed by atoms with Gasteiger partial charge in [-0.25, -0.2) is 0 Å². The summed E-state index contributed by atoms with van der Waals surface area (Å²) in [5, 5.41) is -0.485. The Morgan fingerprint density at radius 1 is 0.852 bits per heavy atom. The van der Waals surface area contributed by atoms with Gasteiger partial charge in [-0.15, -0.1) is 0 Å². The molecule has 2 nitrogen and oxygen atoms in total. The highest BCUT2D eigenvalue weighted by Crippen LogP contribution is 2.45. The highest BCUT2D eigenvalue weighted by molar-refractivity contribution is 6.67. The van der Waals surface area contributed by atoms with Gasteiger partial charge in [-0.2, -0.15) is 0 Å². The Morgan fingerprint density at radius 2 is 1.41 bits per heavy atom. The van der Waals surface area contributed by atoms with Crippen LogP contribution < -0.4 is 0 Å². The fourth-order valence-corrected chi connectivity index (χ4v) is 3.86. The van der Waals surface area contributed by atoms with Gasteiger partial charge in [-0.1, -0.05) is 58.0 Å². The van der Waals surface area contributed by atoms with Crippen molar-refractivity contribution in [3.8, 4) is 0 Å². The molecule has 0 bridgehead atoms. The average molecular weight is 381 g/mol. The van der Waals surface area contributed by atoms with E-state index in [1.165, 1.54) is 11.1 Å². The lowest BCUT2D eigenvalue weighted by Crippen LogP contribution is -2.34. The molecule has 0 unspecified atom stereocenters. The molecule has 1 aliphatic rings. The van der Waals surface area contributed by atoms with Gasteiger partial charge in [-0.3, -0.25) is 9.59 Å². The molecule has 0 spiro atoms. The van der Waals surface area contributed by atoms with Gasteiger partial charge >= 0.3 is 0 Å². The van der Waals surface area contributed by atoms with E-state index in [0.29, 0.717) is 11.1 Å². The molecule has 0 fully saturated rings. The number of ketones is 1. The van der Waals surface area contributed by atoms with E-state index in [0.717, 1.165) is 18.4 Å². The Bertz CT molecular complexity index is 918. The van der Waals surface area contributed by atoms with Gasteiger partial charge in [0.2, 0.25) is 0 Å². The number of allylic oxidation sites excluding steroid dienone is 1. The molecule has 0 amide bonds. The van der Waals surface area contributed by atoms with Crippen LogP contribution in [-0.4, -0.2) is 11.0 Å². The molecule has 0 radical (unpaired) electrons. The molecule has 0 saturated carbocycles. The Hall–Kier alpha value is -2.19. The van der Waals surface area contributed by atoms with Crippen LogP contribution in [-0.2, 0) is 10.8 Å². The van der Waals surface area contributed by atoms with Crippen LogP contribution in [0.25, 0.3) is 6.08 Å². The molecular weight excluding hydrogens is 356 g/mol. The summed E-state index contributed by atoms with van der Waals surface area (Å²) in [6.45, 7) is 9.06. The third-order valence-corrected chi connectivity index (χ3v) is 5.92. The Labute approximate surface area is 166 Å². The van der Waals surface area contributed by atoms with Crippen molar-refractivity contribution >= 4 is 28.7 Å². The highest BCUT2D eigenvalue weighted by Gasteiger charge is 2.37. The van der Waals surface area contributed by atoms with E-state index in [2.05, 4.69) is 39.8 Å². The summed E-state index contributed by atoms with van der Waals surface area (Å²) < 4.78 is 0. The maximum Gasteiger partial charge on any atom is 0.252 e. The summed E-state index contributed by atoms with van der Waals surface area (Å²) >= 11 is 5.45. The summed E-state index contributed by atoms with van der Waals surface area (Å²) in [7, 11) is 0. The number of halogens is 1. The van der Waals surface area contributed by atoms with E-state index in [-0.39, 0.29) is 16.6 Å². The molecule has 0 heterocycles. The maximum atomic E-state index is 12.7. The summed E-state index contributed by atoms with van der Waals surface area (Å²) in [5.74, 6) is -0.0190. The lowest BCUT2D eigenvalue weighted by Gasteiger charge is -2.42. The van der Waals surface area contributed by atoms with E-state index in [1.807, 2.05) is 6.07 Å². The zero-order valence-electron chi connectivity index (χ0n) is 16.3. The van der Waals surface area contributed by atoms with Crippen molar-refractivity contribution in [1.29, 1.82) is 0 Å². The zero-order valence-corrected chi connectivity index (χ0v) is 17.1. The number of rotatable bonds is 4. The number of hydrogen-bond donors (Lipinski definition) is 0. The van der Waals surface area contributed by atoms with E-state index in [9.17, 15) is 9.59 Å². The van der Waals surface area contributed by atoms with E-state index in [4.69, 9.17) is 11.6 Å². The Kier molecular flexibility index (Phi) is 5.14. The van der Waals surface area contributed by atoms with Crippen LogP contribution in [0.3, 0.4) is 0 Å². The third-order valence-electron chi connectivity index (χ3n) is 5.70. The number of carbonyl (C=O) groups excluding carboxylic acids is 2.